The molecule has 0 aromatic carbocycles. The quantitative estimate of drug-likeness (QED) is 0.311. The second kappa shape index (κ2) is 3.85. The van der Waals surface area contributed by atoms with Crippen molar-refractivity contribution in [2.75, 3.05) is 5.88 Å². The van der Waals surface area contributed by atoms with Gasteiger partial charge in [-0.2, -0.15) is 0 Å². The van der Waals surface area contributed by atoms with Crippen molar-refractivity contribution < 1.29 is 14.0 Å². The van der Waals surface area contributed by atoms with Crippen molar-refractivity contribution in [1.29, 1.82) is 0 Å². The molecule has 0 saturated carbocycles. The van der Waals surface area contributed by atoms with Crippen LogP contribution in [0.15, 0.2) is 5.16 Å². The third-order valence-electron chi connectivity index (χ3n) is 1.34. The Kier molecular flexibility index (Phi) is 3.72. The Bertz CT molecular complexity index is 159. The van der Waals surface area contributed by atoms with Crippen LogP contribution in [0.25, 0.3) is 0 Å². The van der Waals surface area contributed by atoms with E-state index in [-0.39, 0.29) is 5.88 Å². The van der Waals surface area contributed by atoms with Crippen LogP contribution in [0.4, 0.5) is 8.78 Å². The van der Waals surface area contributed by atoms with Crippen molar-refractivity contribution in [3.63, 3.8) is 0 Å². The smallest absolute Gasteiger partial charge is 0.280 e. The van der Waals surface area contributed by atoms with Gasteiger partial charge < -0.3 is 5.21 Å². The Balaban J connectivity index is 4.52. The summed E-state index contributed by atoms with van der Waals surface area (Å²) >= 11 is 5.39. The SMILES string of the molecule is CC(C)(CCl)C(=NO)C(F)F. The first kappa shape index (κ1) is 10.6. The van der Waals surface area contributed by atoms with Gasteiger partial charge in [0.05, 0.1) is 0 Å². The van der Waals surface area contributed by atoms with Crippen LogP contribution in [0.3, 0.4) is 0 Å². The first-order chi connectivity index (χ1) is 4.95. The first-order valence-electron chi connectivity index (χ1n) is 3.02. The number of hydrogen-bond donors (Lipinski definition) is 1. The average Bonchev–Trinajstić information content (AvgIpc) is 1.88. The van der Waals surface area contributed by atoms with Crippen LogP contribution in [-0.2, 0) is 0 Å². The van der Waals surface area contributed by atoms with E-state index in [0.717, 1.165) is 0 Å². The van der Waals surface area contributed by atoms with Crippen LogP contribution in [0, 0.1) is 5.41 Å². The molecule has 0 aromatic heterocycles. The van der Waals surface area contributed by atoms with E-state index in [9.17, 15) is 8.78 Å². The number of alkyl halides is 3. The monoisotopic (exact) mass is 185 g/mol. The minimum Gasteiger partial charge on any atom is -0.411 e. The van der Waals surface area contributed by atoms with Gasteiger partial charge >= 0.3 is 0 Å². The molecule has 66 valence electrons. The summed E-state index contributed by atoms with van der Waals surface area (Å²) < 4.78 is 24.1. The molecule has 0 saturated heterocycles. The third kappa shape index (κ3) is 2.61. The van der Waals surface area contributed by atoms with Crippen LogP contribution in [0.1, 0.15) is 13.8 Å². The lowest BCUT2D eigenvalue weighted by Crippen LogP contribution is -2.31. The molecule has 0 spiro atoms. The molecule has 0 unspecified atom stereocenters. The van der Waals surface area contributed by atoms with E-state index in [0.29, 0.717) is 0 Å². The van der Waals surface area contributed by atoms with E-state index in [1.807, 2.05) is 0 Å². The molecular weight excluding hydrogens is 176 g/mol. The Labute approximate surface area is 68.8 Å². The van der Waals surface area contributed by atoms with Crippen molar-refractivity contribution >= 4 is 17.3 Å². The second-order valence-corrected chi connectivity index (χ2v) is 3.07. The minimum absolute atomic E-state index is 0.00324. The van der Waals surface area contributed by atoms with Crippen LogP contribution in [0.5, 0.6) is 0 Å². The van der Waals surface area contributed by atoms with E-state index in [2.05, 4.69) is 5.16 Å². The molecule has 0 amide bonds. The zero-order chi connectivity index (χ0) is 9.07. The predicted molar refractivity (Wildman–Crippen MR) is 39.7 cm³/mol. The minimum atomic E-state index is -2.76. The van der Waals surface area contributed by atoms with Gasteiger partial charge in [-0.25, -0.2) is 8.78 Å². The molecule has 0 aliphatic rings. The summed E-state index contributed by atoms with van der Waals surface area (Å²) in [6, 6.07) is 0. The third-order valence-corrected chi connectivity index (χ3v) is 2.01. The van der Waals surface area contributed by atoms with Crippen LogP contribution in [0.2, 0.25) is 0 Å². The molecule has 2 nitrogen and oxygen atoms in total. The fourth-order valence-electron chi connectivity index (χ4n) is 0.543. The van der Waals surface area contributed by atoms with E-state index in [1.165, 1.54) is 13.8 Å². The molecule has 0 fully saturated rings. The predicted octanol–water partition coefficient (Wildman–Crippen LogP) is 2.35. The zero-order valence-electron chi connectivity index (χ0n) is 6.31. The molecule has 0 heterocycles. The number of nitrogens with zero attached hydrogens (tertiary/aromatic N) is 1. The van der Waals surface area contributed by atoms with Crippen LogP contribution in [-0.4, -0.2) is 23.2 Å². The molecule has 0 aliphatic carbocycles. The van der Waals surface area contributed by atoms with E-state index < -0.39 is 17.6 Å². The summed E-state index contributed by atoms with van der Waals surface area (Å²) in [5.74, 6) is -0.00324. The molecule has 0 atom stereocenters. The largest absolute Gasteiger partial charge is 0.411 e. The Morgan fingerprint density at radius 3 is 2.18 bits per heavy atom. The summed E-state index contributed by atoms with van der Waals surface area (Å²) in [4.78, 5) is 0. The van der Waals surface area contributed by atoms with Gasteiger partial charge in [-0.3, -0.25) is 0 Å². The molecule has 1 N–H and O–H groups in total. The van der Waals surface area contributed by atoms with Crippen LogP contribution >= 0.6 is 11.6 Å². The zero-order valence-corrected chi connectivity index (χ0v) is 7.07. The highest BCUT2D eigenvalue weighted by Crippen LogP contribution is 2.23. The van der Waals surface area contributed by atoms with E-state index in [4.69, 9.17) is 16.8 Å². The van der Waals surface area contributed by atoms with Crippen molar-refractivity contribution in [1.82, 2.24) is 0 Å². The fraction of sp³-hybridized carbons (Fsp3) is 0.833. The van der Waals surface area contributed by atoms with Gasteiger partial charge in [-0.1, -0.05) is 19.0 Å². The van der Waals surface area contributed by atoms with Gasteiger partial charge in [-0.15, -0.1) is 11.6 Å². The maximum atomic E-state index is 12.0. The Morgan fingerprint density at radius 2 is 2.09 bits per heavy atom. The topological polar surface area (TPSA) is 32.6 Å². The van der Waals surface area contributed by atoms with E-state index in [1.54, 1.807) is 0 Å². The number of halogens is 3. The molecule has 0 aliphatic heterocycles. The summed E-state index contributed by atoms with van der Waals surface area (Å²) in [7, 11) is 0. The summed E-state index contributed by atoms with van der Waals surface area (Å²) in [5.41, 5.74) is -1.53. The second-order valence-electron chi connectivity index (χ2n) is 2.80. The number of hydrogen-bond acceptors (Lipinski definition) is 2. The van der Waals surface area contributed by atoms with Crippen molar-refractivity contribution in [2.45, 2.75) is 20.3 Å². The van der Waals surface area contributed by atoms with Gasteiger partial charge in [-0.05, 0) is 0 Å². The summed E-state index contributed by atoms with van der Waals surface area (Å²) in [5, 5.41) is 10.7. The Morgan fingerprint density at radius 1 is 1.64 bits per heavy atom. The summed E-state index contributed by atoms with van der Waals surface area (Å²) in [6.07, 6.45) is -2.76. The van der Waals surface area contributed by atoms with Gasteiger partial charge in [0.2, 0.25) is 0 Å². The number of rotatable bonds is 3. The van der Waals surface area contributed by atoms with Crippen molar-refractivity contribution in [3.05, 3.63) is 0 Å². The van der Waals surface area contributed by atoms with Crippen molar-refractivity contribution in [2.24, 2.45) is 10.6 Å². The highest BCUT2D eigenvalue weighted by atomic mass is 35.5. The normalized spacial score (nSPS) is 14.2. The lowest BCUT2D eigenvalue weighted by Gasteiger charge is -2.21. The molecule has 11 heavy (non-hydrogen) atoms. The fourth-order valence-corrected chi connectivity index (χ4v) is 0.680. The van der Waals surface area contributed by atoms with Crippen LogP contribution < -0.4 is 0 Å². The van der Waals surface area contributed by atoms with Crippen molar-refractivity contribution in [3.8, 4) is 0 Å². The summed E-state index contributed by atoms with van der Waals surface area (Å²) in [6.45, 7) is 2.97. The lowest BCUT2D eigenvalue weighted by atomic mass is 9.90. The number of oxime groups is 1. The average molecular weight is 186 g/mol. The molecule has 0 rings (SSSR count). The maximum Gasteiger partial charge on any atom is 0.280 e. The van der Waals surface area contributed by atoms with Gasteiger partial charge in [0.1, 0.15) is 5.71 Å². The van der Waals surface area contributed by atoms with Gasteiger partial charge in [0.25, 0.3) is 6.43 Å². The highest BCUT2D eigenvalue weighted by Gasteiger charge is 2.31. The maximum absolute atomic E-state index is 12.0. The first-order valence-corrected chi connectivity index (χ1v) is 3.55. The standard InChI is InChI=1S/C6H10ClF2NO/c1-6(2,3-7)4(10-11)5(8)9/h5,11H,3H2,1-2H3. The molecular formula is C6H10ClF2NO. The van der Waals surface area contributed by atoms with Gasteiger partial charge in [0.15, 0.2) is 0 Å². The lowest BCUT2D eigenvalue weighted by molar-refractivity contribution is 0.199. The Hall–Kier alpha value is -0.380. The van der Waals surface area contributed by atoms with E-state index >= 15 is 0 Å². The highest BCUT2D eigenvalue weighted by molar-refractivity contribution is 6.20. The molecule has 0 bridgehead atoms. The van der Waals surface area contributed by atoms with Gasteiger partial charge in [0, 0.05) is 11.3 Å². The molecule has 0 aromatic rings. The molecule has 0 radical (unpaired) electrons. The molecule has 5 heteroatoms.